The van der Waals surface area contributed by atoms with Crippen molar-refractivity contribution < 1.29 is 14.3 Å². The summed E-state index contributed by atoms with van der Waals surface area (Å²) in [5.41, 5.74) is 2.61. The zero-order chi connectivity index (χ0) is 22.0. The second-order valence-electron chi connectivity index (χ2n) is 9.34. The van der Waals surface area contributed by atoms with Crippen LogP contribution in [0.1, 0.15) is 94.4 Å². The smallest absolute Gasteiger partial charge is 0.308 e. The van der Waals surface area contributed by atoms with Crippen molar-refractivity contribution in [2.75, 3.05) is 0 Å². The number of nitrogens with one attached hydrogen (secondary N) is 1. The summed E-state index contributed by atoms with van der Waals surface area (Å²) >= 11 is 0. The monoisotopic (exact) mass is 425 g/mol. The molecule has 6 nitrogen and oxygen atoms in total. The number of benzene rings is 1. The fraction of sp³-hybridized carbons (Fsp3) is 0.640. The van der Waals surface area contributed by atoms with E-state index in [1.165, 1.54) is 25.7 Å². The number of rotatable bonds is 7. The number of carbonyl (C=O) groups excluding carboxylic acids is 2. The van der Waals surface area contributed by atoms with Gasteiger partial charge in [-0.2, -0.15) is 0 Å². The van der Waals surface area contributed by atoms with E-state index in [0.717, 1.165) is 42.0 Å². The van der Waals surface area contributed by atoms with E-state index in [2.05, 4.69) is 23.7 Å². The lowest BCUT2D eigenvalue weighted by atomic mass is 10.0. The molecule has 4 rings (SSSR count). The molecule has 1 aromatic carbocycles. The van der Waals surface area contributed by atoms with E-state index < -0.39 is 0 Å². The molecule has 1 amide bonds. The molecule has 1 saturated heterocycles. The largest absolute Gasteiger partial charge is 0.463 e. The minimum atomic E-state index is -0.250. The third-order valence-electron chi connectivity index (χ3n) is 6.98. The van der Waals surface area contributed by atoms with E-state index in [9.17, 15) is 9.59 Å². The summed E-state index contributed by atoms with van der Waals surface area (Å²) < 4.78 is 7.60. The van der Waals surface area contributed by atoms with Crippen molar-refractivity contribution in [1.29, 1.82) is 0 Å². The molecule has 0 spiro atoms. The minimum Gasteiger partial charge on any atom is -0.463 e. The molecule has 2 atom stereocenters. The normalized spacial score (nSPS) is 22.3. The van der Waals surface area contributed by atoms with Crippen LogP contribution in [0, 0.1) is 5.92 Å². The highest BCUT2D eigenvalue weighted by Gasteiger charge is 2.28. The molecule has 1 aliphatic heterocycles. The van der Waals surface area contributed by atoms with Crippen LogP contribution in [-0.4, -0.2) is 33.6 Å². The zero-order valence-corrected chi connectivity index (χ0v) is 19.0. The highest BCUT2D eigenvalue weighted by molar-refractivity contribution is 5.97. The molecule has 1 aliphatic carbocycles. The Balaban J connectivity index is 1.60. The molecule has 2 aliphatic rings. The Bertz CT molecular complexity index is 941. The molecule has 1 unspecified atom stereocenters. The van der Waals surface area contributed by atoms with Gasteiger partial charge in [-0.05, 0) is 43.9 Å². The Morgan fingerprint density at radius 2 is 2.00 bits per heavy atom. The van der Waals surface area contributed by atoms with Gasteiger partial charge in [-0.3, -0.25) is 9.59 Å². The standard InChI is InChI=1S/C25H35N3O3/c1-4-20(5-2)28-22-11-10-18(25(30)26-19-12-16(3)31-24(29)15-19)14-21(22)27-23(28)13-17-8-6-7-9-17/h10-11,14,16-17,19-20H,4-9,12-13,15H2,1-3H3,(H,26,30)/t16?,19-/m0/s1. The predicted octanol–water partition coefficient (Wildman–Crippen LogP) is 4.95. The van der Waals surface area contributed by atoms with E-state index >= 15 is 0 Å². The average Bonchev–Trinajstić information content (AvgIpc) is 3.36. The highest BCUT2D eigenvalue weighted by Crippen LogP contribution is 2.32. The van der Waals surface area contributed by atoms with Crippen LogP contribution in [-0.2, 0) is 16.0 Å². The number of cyclic esters (lactones) is 1. The van der Waals surface area contributed by atoms with E-state index in [-0.39, 0.29) is 30.4 Å². The lowest BCUT2D eigenvalue weighted by Gasteiger charge is -2.27. The molecule has 1 saturated carbocycles. The summed E-state index contributed by atoms with van der Waals surface area (Å²) in [6, 6.07) is 6.09. The van der Waals surface area contributed by atoms with Crippen LogP contribution in [0.15, 0.2) is 18.2 Å². The van der Waals surface area contributed by atoms with E-state index in [1.54, 1.807) is 0 Å². The maximum atomic E-state index is 12.9. The summed E-state index contributed by atoms with van der Waals surface area (Å²) in [6.07, 6.45) is 9.11. The third kappa shape index (κ3) is 4.78. The highest BCUT2D eigenvalue weighted by atomic mass is 16.5. The van der Waals surface area contributed by atoms with Gasteiger partial charge in [0.25, 0.3) is 5.91 Å². The molecule has 1 aromatic heterocycles. The van der Waals surface area contributed by atoms with Gasteiger partial charge in [-0.15, -0.1) is 0 Å². The summed E-state index contributed by atoms with van der Waals surface area (Å²) in [7, 11) is 0. The Morgan fingerprint density at radius 1 is 1.26 bits per heavy atom. The lowest BCUT2D eigenvalue weighted by Crippen LogP contribution is -2.43. The van der Waals surface area contributed by atoms with E-state index in [1.807, 2.05) is 25.1 Å². The molecule has 0 bridgehead atoms. The summed E-state index contributed by atoms with van der Waals surface area (Å²) in [5, 5.41) is 3.01. The molecular weight excluding hydrogens is 390 g/mol. The first kappa shape index (κ1) is 21.8. The van der Waals surface area contributed by atoms with Gasteiger partial charge < -0.3 is 14.6 Å². The van der Waals surface area contributed by atoms with Crippen molar-refractivity contribution in [2.24, 2.45) is 5.92 Å². The second kappa shape index (κ2) is 9.41. The maximum Gasteiger partial charge on any atom is 0.308 e. The number of nitrogens with zero attached hydrogens (tertiary/aromatic N) is 2. The molecule has 2 fully saturated rings. The van der Waals surface area contributed by atoms with Crippen LogP contribution in [0.25, 0.3) is 11.0 Å². The molecule has 6 heteroatoms. The Labute approximate surface area is 184 Å². The average molecular weight is 426 g/mol. The van der Waals surface area contributed by atoms with Gasteiger partial charge in [0.05, 0.1) is 17.5 Å². The van der Waals surface area contributed by atoms with Gasteiger partial charge in [0.2, 0.25) is 0 Å². The number of fused-ring (bicyclic) bond motifs is 1. The molecule has 2 aromatic rings. The number of aromatic nitrogens is 2. The second-order valence-corrected chi connectivity index (χ2v) is 9.34. The Kier molecular flexibility index (Phi) is 6.63. The van der Waals surface area contributed by atoms with Crippen molar-refractivity contribution in [1.82, 2.24) is 14.9 Å². The van der Waals surface area contributed by atoms with Crippen molar-refractivity contribution in [3.63, 3.8) is 0 Å². The zero-order valence-electron chi connectivity index (χ0n) is 19.0. The number of carbonyl (C=O) groups is 2. The predicted molar refractivity (Wildman–Crippen MR) is 121 cm³/mol. The van der Waals surface area contributed by atoms with Crippen LogP contribution < -0.4 is 5.32 Å². The number of hydrogen-bond donors (Lipinski definition) is 1. The van der Waals surface area contributed by atoms with Crippen molar-refractivity contribution in [2.45, 2.75) is 96.7 Å². The van der Waals surface area contributed by atoms with Crippen molar-refractivity contribution in [3.05, 3.63) is 29.6 Å². The van der Waals surface area contributed by atoms with Gasteiger partial charge >= 0.3 is 5.97 Å². The van der Waals surface area contributed by atoms with Crippen LogP contribution in [0.5, 0.6) is 0 Å². The topological polar surface area (TPSA) is 73.2 Å². The maximum absolute atomic E-state index is 12.9. The third-order valence-corrected chi connectivity index (χ3v) is 6.98. The minimum absolute atomic E-state index is 0.150. The van der Waals surface area contributed by atoms with Gasteiger partial charge in [-0.1, -0.05) is 39.5 Å². The van der Waals surface area contributed by atoms with Crippen molar-refractivity contribution >= 4 is 22.9 Å². The number of imidazole rings is 1. The van der Waals surface area contributed by atoms with Crippen LogP contribution in [0.3, 0.4) is 0 Å². The Morgan fingerprint density at radius 3 is 2.68 bits per heavy atom. The van der Waals surface area contributed by atoms with E-state index in [4.69, 9.17) is 9.72 Å². The summed E-state index contributed by atoms with van der Waals surface area (Å²) in [4.78, 5) is 29.6. The summed E-state index contributed by atoms with van der Waals surface area (Å²) in [5.74, 6) is 1.49. The van der Waals surface area contributed by atoms with Gasteiger partial charge in [0, 0.05) is 30.5 Å². The van der Waals surface area contributed by atoms with Gasteiger partial charge in [0.15, 0.2) is 0 Å². The first-order valence-electron chi connectivity index (χ1n) is 12.0. The number of ether oxygens (including phenoxy) is 1. The lowest BCUT2D eigenvalue weighted by molar-refractivity contribution is -0.153. The number of esters is 1. The van der Waals surface area contributed by atoms with Gasteiger partial charge in [-0.25, -0.2) is 4.98 Å². The van der Waals surface area contributed by atoms with Crippen LogP contribution >= 0.6 is 0 Å². The fourth-order valence-electron chi connectivity index (χ4n) is 5.35. The fourth-order valence-corrected chi connectivity index (χ4v) is 5.35. The van der Waals surface area contributed by atoms with Crippen LogP contribution in [0.4, 0.5) is 0 Å². The molecule has 0 radical (unpaired) electrons. The molecule has 168 valence electrons. The first-order valence-corrected chi connectivity index (χ1v) is 12.0. The van der Waals surface area contributed by atoms with Gasteiger partial charge in [0.1, 0.15) is 11.9 Å². The Hall–Kier alpha value is -2.37. The summed E-state index contributed by atoms with van der Waals surface area (Å²) in [6.45, 7) is 6.33. The molecule has 31 heavy (non-hydrogen) atoms. The quantitative estimate of drug-likeness (QED) is 0.637. The van der Waals surface area contributed by atoms with Crippen molar-refractivity contribution in [3.8, 4) is 0 Å². The number of hydrogen-bond acceptors (Lipinski definition) is 4. The molecular formula is C25H35N3O3. The van der Waals surface area contributed by atoms with Crippen LogP contribution in [0.2, 0.25) is 0 Å². The van der Waals surface area contributed by atoms with E-state index in [0.29, 0.717) is 18.0 Å². The molecule has 2 heterocycles. The first-order chi connectivity index (χ1) is 15.0. The number of amides is 1. The molecule has 1 N–H and O–H groups in total. The SMILES string of the molecule is CCC(CC)n1c(CC2CCCC2)nc2cc(C(=O)N[C@@H]3CC(=O)OC(C)C3)ccc21.